The molecule has 0 saturated carbocycles. The highest BCUT2D eigenvalue weighted by Crippen LogP contribution is 2.17. The van der Waals surface area contributed by atoms with E-state index < -0.39 is 0 Å². The number of halogens is 1. The van der Waals surface area contributed by atoms with Crippen LogP contribution in [0.2, 0.25) is 0 Å². The molecule has 0 N–H and O–H groups in total. The van der Waals surface area contributed by atoms with E-state index in [4.69, 9.17) is 0 Å². The van der Waals surface area contributed by atoms with Gasteiger partial charge in [-0.25, -0.2) is 0 Å². The van der Waals surface area contributed by atoms with Crippen LogP contribution in [0.1, 0.15) is 49.4 Å². The number of hydrogen-bond acceptors (Lipinski definition) is 1. The number of hydrogen-bond donors (Lipinski definition) is 0. The molecule has 0 radical (unpaired) electrons. The van der Waals surface area contributed by atoms with Crippen LogP contribution >= 0.6 is 22.6 Å². The van der Waals surface area contributed by atoms with Gasteiger partial charge in [0.15, 0.2) is 5.78 Å². The van der Waals surface area contributed by atoms with Crippen LogP contribution in [0.15, 0.2) is 40.0 Å². The van der Waals surface area contributed by atoms with Crippen molar-refractivity contribution in [2.45, 2.75) is 39.0 Å². The molecule has 0 spiro atoms. The molecule has 1 nitrogen and oxygen atoms in total. The molecule has 2 heteroatoms. The summed E-state index contributed by atoms with van der Waals surface area (Å²) in [6, 6.07) is 9.51. The molecule has 17 heavy (non-hydrogen) atoms. The molecule has 1 rings (SSSR count). The van der Waals surface area contributed by atoms with E-state index in [1.165, 1.54) is 19.3 Å². The van der Waals surface area contributed by atoms with Crippen LogP contribution in [-0.2, 0) is 0 Å². The van der Waals surface area contributed by atoms with Crippen molar-refractivity contribution in [3.8, 4) is 0 Å². The fourth-order valence-corrected chi connectivity index (χ4v) is 2.26. The summed E-state index contributed by atoms with van der Waals surface area (Å²) in [4.78, 5) is 11.9. The average molecular weight is 342 g/mol. The zero-order chi connectivity index (χ0) is 12.5. The van der Waals surface area contributed by atoms with Crippen LogP contribution in [0.3, 0.4) is 0 Å². The van der Waals surface area contributed by atoms with Crippen LogP contribution in [0.25, 0.3) is 0 Å². The van der Waals surface area contributed by atoms with Crippen molar-refractivity contribution in [1.82, 2.24) is 0 Å². The van der Waals surface area contributed by atoms with Crippen molar-refractivity contribution in [1.29, 1.82) is 0 Å². The van der Waals surface area contributed by atoms with Gasteiger partial charge < -0.3 is 0 Å². The highest BCUT2D eigenvalue weighted by Gasteiger charge is 2.05. The Morgan fingerprint density at radius 3 is 2.59 bits per heavy atom. The average Bonchev–Trinajstić information content (AvgIpc) is 2.36. The molecule has 0 fully saturated rings. The summed E-state index contributed by atoms with van der Waals surface area (Å²) in [5, 5.41) is 0. The second-order valence-electron chi connectivity index (χ2n) is 4.11. The van der Waals surface area contributed by atoms with E-state index in [9.17, 15) is 4.79 Å². The predicted molar refractivity (Wildman–Crippen MR) is 81.6 cm³/mol. The minimum absolute atomic E-state index is 0.210. The van der Waals surface area contributed by atoms with E-state index in [0.717, 1.165) is 15.6 Å². The Kier molecular flexibility index (Phi) is 7.17. The monoisotopic (exact) mass is 342 g/mol. The second kappa shape index (κ2) is 8.45. The van der Waals surface area contributed by atoms with Crippen molar-refractivity contribution in [2.75, 3.05) is 0 Å². The Morgan fingerprint density at radius 2 is 1.94 bits per heavy atom. The minimum Gasteiger partial charge on any atom is -0.294 e. The van der Waals surface area contributed by atoms with Gasteiger partial charge in [0.05, 0.1) is 0 Å². The highest BCUT2D eigenvalue weighted by molar-refractivity contribution is 14.1. The number of carbonyl (C=O) groups is 1. The third-order valence-corrected chi connectivity index (χ3v) is 3.42. The minimum atomic E-state index is 0.210. The van der Waals surface area contributed by atoms with Crippen LogP contribution in [0, 0.1) is 0 Å². The summed E-state index contributed by atoms with van der Waals surface area (Å²) in [6.45, 7) is 2.20. The van der Waals surface area contributed by atoms with Gasteiger partial charge in [-0.1, -0.05) is 56.2 Å². The lowest BCUT2D eigenvalue weighted by molar-refractivity contribution is 0.0995. The van der Waals surface area contributed by atoms with Crippen molar-refractivity contribution >= 4 is 28.4 Å². The number of Topliss-reactive ketones (excluding diaryl/α,β-unsaturated/α-hetero) is 1. The van der Waals surface area contributed by atoms with Gasteiger partial charge in [-0.05, 0) is 39.0 Å². The molecule has 92 valence electrons. The zero-order valence-electron chi connectivity index (χ0n) is 10.3. The molecule has 1 aromatic carbocycles. The Morgan fingerprint density at radius 1 is 1.24 bits per heavy atom. The molecule has 0 aromatic heterocycles. The molecule has 0 atom stereocenters. The van der Waals surface area contributed by atoms with E-state index >= 15 is 0 Å². The molecular formula is C15H19IO. The van der Waals surface area contributed by atoms with Gasteiger partial charge in [0, 0.05) is 12.0 Å². The number of carbonyl (C=O) groups excluding carboxylic acids is 1. The SMILES string of the molecule is CCCCC/C=C(\I)CC(=O)c1ccccc1. The van der Waals surface area contributed by atoms with Gasteiger partial charge >= 0.3 is 0 Å². The van der Waals surface area contributed by atoms with E-state index in [0.29, 0.717) is 6.42 Å². The number of benzene rings is 1. The molecule has 0 aliphatic heterocycles. The van der Waals surface area contributed by atoms with Crippen molar-refractivity contribution in [2.24, 2.45) is 0 Å². The maximum absolute atomic E-state index is 11.9. The summed E-state index contributed by atoms with van der Waals surface area (Å²) in [5.74, 6) is 0.210. The van der Waals surface area contributed by atoms with Crippen LogP contribution in [-0.4, -0.2) is 5.78 Å². The zero-order valence-corrected chi connectivity index (χ0v) is 12.4. The van der Waals surface area contributed by atoms with Gasteiger partial charge in [-0.2, -0.15) is 0 Å². The molecule has 0 heterocycles. The van der Waals surface area contributed by atoms with E-state index in [-0.39, 0.29) is 5.78 Å². The summed E-state index contributed by atoms with van der Waals surface area (Å²) in [7, 11) is 0. The molecule has 0 aliphatic rings. The van der Waals surface area contributed by atoms with Gasteiger partial charge in [-0.15, -0.1) is 0 Å². The van der Waals surface area contributed by atoms with Gasteiger partial charge in [0.2, 0.25) is 0 Å². The lowest BCUT2D eigenvalue weighted by atomic mass is 10.1. The fourth-order valence-electron chi connectivity index (χ4n) is 1.60. The van der Waals surface area contributed by atoms with Crippen molar-refractivity contribution < 1.29 is 4.79 Å². The van der Waals surface area contributed by atoms with E-state index in [2.05, 4.69) is 35.6 Å². The van der Waals surface area contributed by atoms with Crippen LogP contribution in [0.4, 0.5) is 0 Å². The maximum Gasteiger partial charge on any atom is 0.167 e. The molecule has 0 aliphatic carbocycles. The van der Waals surface area contributed by atoms with E-state index in [1.54, 1.807) is 0 Å². The quantitative estimate of drug-likeness (QED) is 0.380. The number of rotatable bonds is 7. The molecule has 0 bridgehead atoms. The summed E-state index contributed by atoms with van der Waals surface area (Å²) >= 11 is 2.28. The topological polar surface area (TPSA) is 17.1 Å². The predicted octanol–water partition coefficient (Wildman–Crippen LogP) is 5.16. The molecule has 1 aromatic rings. The van der Waals surface area contributed by atoms with Crippen LogP contribution in [0.5, 0.6) is 0 Å². The lowest BCUT2D eigenvalue weighted by Crippen LogP contribution is -1.97. The number of unbranched alkanes of at least 4 members (excludes halogenated alkanes) is 3. The summed E-state index contributed by atoms with van der Waals surface area (Å²) in [6.07, 6.45) is 7.56. The van der Waals surface area contributed by atoms with Crippen molar-refractivity contribution in [3.63, 3.8) is 0 Å². The smallest absolute Gasteiger partial charge is 0.167 e. The summed E-state index contributed by atoms with van der Waals surface area (Å²) in [5.41, 5.74) is 0.809. The molecule has 0 amide bonds. The van der Waals surface area contributed by atoms with Gasteiger partial charge in [0.1, 0.15) is 0 Å². The fraction of sp³-hybridized carbons (Fsp3) is 0.400. The normalized spacial score (nSPS) is 11.5. The van der Waals surface area contributed by atoms with E-state index in [1.807, 2.05) is 30.3 Å². The Hall–Kier alpha value is -0.640. The first-order valence-electron chi connectivity index (χ1n) is 6.16. The first kappa shape index (κ1) is 14.4. The number of allylic oxidation sites excluding steroid dienone is 2. The Bertz CT molecular complexity index is 368. The molecular weight excluding hydrogens is 323 g/mol. The van der Waals surface area contributed by atoms with Gasteiger partial charge in [0.25, 0.3) is 0 Å². The highest BCUT2D eigenvalue weighted by atomic mass is 127. The first-order chi connectivity index (χ1) is 8.24. The molecule has 0 saturated heterocycles. The van der Waals surface area contributed by atoms with Gasteiger partial charge in [-0.3, -0.25) is 4.79 Å². The Labute approximate surface area is 117 Å². The summed E-state index contributed by atoms with van der Waals surface area (Å²) < 4.78 is 1.16. The van der Waals surface area contributed by atoms with Crippen LogP contribution < -0.4 is 0 Å². The number of ketones is 1. The third-order valence-electron chi connectivity index (χ3n) is 2.60. The largest absolute Gasteiger partial charge is 0.294 e. The standard InChI is InChI=1S/C15H19IO/c1-2-3-4-8-11-14(16)12-15(17)13-9-6-5-7-10-13/h5-7,9-11H,2-4,8,12H2,1H3/b14-11-. The Balaban J connectivity index is 2.40. The first-order valence-corrected chi connectivity index (χ1v) is 7.24. The van der Waals surface area contributed by atoms with Crippen molar-refractivity contribution in [3.05, 3.63) is 45.6 Å². The molecule has 0 unspecified atom stereocenters. The maximum atomic E-state index is 11.9. The lowest BCUT2D eigenvalue weighted by Gasteiger charge is -2.00. The third kappa shape index (κ3) is 6.01. The second-order valence-corrected chi connectivity index (χ2v) is 5.50.